The van der Waals surface area contributed by atoms with Gasteiger partial charge in [-0.1, -0.05) is 6.07 Å². The SMILES string of the molecule is [2H]C1CC(=O)N(C)C1c1cccnc1. The standard InChI is InChI=1S/C10H12N2O/c1-12-9(4-5-10(12)13)8-3-2-6-11-7-8/h2-3,6-7,9H,4-5H2,1H3/i4D. The summed E-state index contributed by atoms with van der Waals surface area (Å²) < 4.78 is 7.80. The molecule has 3 heteroatoms. The van der Waals surface area contributed by atoms with Gasteiger partial charge in [-0.3, -0.25) is 9.78 Å². The topological polar surface area (TPSA) is 33.2 Å². The van der Waals surface area contributed by atoms with Crippen LogP contribution in [0.25, 0.3) is 0 Å². The molecule has 1 aliphatic heterocycles. The molecule has 0 N–H and O–H groups in total. The minimum absolute atomic E-state index is 0.0406. The number of pyridine rings is 1. The van der Waals surface area contributed by atoms with Crippen molar-refractivity contribution in [2.45, 2.75) is 18.9 Å². The molecule has 0 aromatic carbocycles. The molecule has 3 nitrogen and oxygen atoms in total. The lowest BCUT2D eigenvalue weighted by Crippen LogP contribution is -2.22. The van der Waals surface area contributed by atoms with Gasteiger partial charge in [0, 0.05) is 27.2 Å². The van der Waals surface area contributed by atoms with Crippen molar-refractivity contribution in [3.63, 3.8) is 0 Å². The Balaban J connectivity index is 2.31. The fraction of sp³-hybridized carbons (Fsp3) is 0.400. The van der Waals surface area contributed by atoms with Gasteiger partial charge in [-0.25, -0.2) is 0 Å². The summed E-state index contributed by atoms with van der Waals surface area (Å²) in [6.07, 6.45) is 3.37. The van der Waals surface area contributed by atoms with Crippen LogP contribution in [0.2, 0.25) is 0 Å². The monoisotopic (exact) mass is 177 g/mol. The van der Waals surface area contributed by atoms with Crippen LogP contribution in [0.3, 0.4) is 0 Å². The van der Waals surface area contributed by atoms with E-state index in [2.05, 4.69) is 4.98 Å². The highest BCUT2D eigenvalue weighted by atomic mass is 16.2. The van der Waals surface area contributed by atoms with Gasteiger partial charge in [-0.2, -0.15) is 0 Å². The fourth-order valence-corrected chi connectivity index (χ4v) is 1.58. The van der Waals surface area contributed by atoms with Gasteiger partial charge < -0.3 is 4.90 Å². The van der Waals surface area contributed by atoms with E-state index < -0.39 is 0 Å². The van der Waals surface area contributed by atoms with Gasteiger partial charge in [0.1, 0.15) is 0 Å². The van der Waals surface area contributed by atoms with E-state index in [1.165, 1.54) is 0 Å². The number of aromatic nitrogens is 1. The van der Waals surface area contributed by atoms with Crippen molar-refractivity contribution in [3.05, 3.63) is 30.1 Å². The number of carbonyl (C=O) groups excluding carboxylic acids is 1. The number of rotatable bonds is 1. The van der Waals surface area contributed by atoms with Crippen molar-refractivity contribution in [2.24, 2.45) is 0 Å². The minimum Gasteiger partial charge on any atom is -0.339 e. The van der Waals surface area contributed by atoms with Gasteiger partial charge in [0.2, 0.25) is 5.91 Å². The van der Waals surface area contributed by atoms with Gasteiger partial charge >= 0.3 is 0 Å². The number of hydrogen-bond donors (Lipinski definition) is 0. The minimum atomic E-state index is -0.364. The Labute approximate surface area is 78.8 Å². The van der Waals surface area contributed by atoms with Crippen molar-refractivity contribution in [2.75, 3.05) is 7.05 Å². The third-order valence-electron chi connectivity index (χ3n) is 2.35. The van der Waals surface area contributed by atoms with Gasteiger partial charge in [-0.05, 0) is 18.0 Å². The molecule has 1 fully saturated rings. The molecule has 1 aliphatic rings. The maximum Gasteiger partial charge on any atom is 0.222 e. The summed E-state index contributed by atoms with van der Waals surface area (Å²) in [4.78, 5) is 17.0. The van der Waals surface area contributed by atoms with E-state index in [0.29, 0.717) is 6.42 Å². The van der Waals surface area contributed by atoms with Crippen LogP contribution >= 0.6 is 0 Å². The molecule has 0 aliphatic carbocycles. The number of carbonyl (C=O) groups is 1. The highest BCUT2D eigenvalue weighted by Gasteiger charge is 2.28. The quantitative estimate of drug-likeness (QED) is 0.649. The maximum absolute atomic E-state index is 11.4. The summed E-state index contributed by atoms with van der Waals surface area (Å²) in [5.41, 5.74) is 0.945. The van der Waals surface area contributed by atoms with Crippen molar-refractivity contribution < 1.29 is 6.17 Å². The molecule has 0 spiro atoms. The van der Waals surface area contributed by atoms with E-state index in [1.807, 2.05) is 12.1 Å². The molecule has 1 amide bonds. The first-order chi connectivity index (χ1) is 6.70. The molecule has 2 unspecified atom stereocenters. The molecule has 1 saturated heterocycles. The summed E-state index contributed by atoms with van der Waals surface area (Å²) in [5.74, 6) is 0.0406. The lowest BCUT2D eigenvalue weighted by atomic mass is 10.1. The normalized spacial score (nSPS) is 29.2. The van der Waals surface area contributed by atoms with Crippen molar-refractivity contribution in [1.82, 2.24) is 9.88 Å². The summed E-state index contributed by atoms with van der Waals surface area (Å²) in [5, 5.41) is 0. The molecule has 2 heterocycles. The second-order valence-corrected chi connectivity index (χ2v) is 3.18. The van der Waals surface area contributed by atoms with E-state index in [0.717, 1.165) is 5.56 Å². The predicted octanol–water partition coefficient (Wildman–Crippen LogP) is 1.37. The smallest absolute Gasteiger partial charge is 0.222 e. The van der Waals surface area contributed by atoms with Crippen molar-refractivity contribution in [1.29, 1.82) is 0 Å². The van der Waals surface area contributed by atoms with Crippen LogP contribution in [0.5, 0.6) is 0 Å². The molecule has 0 bridgehead atoms. The van der Waals surface area contributed by atoms with Crippen molar-refractivity contribution >= 4 is 5.91 Å². The van der Waals surface area contributed by atoms with Crippen LogP contribution in [0.4, 0.5) is 0 Å². The van der Waals surface area contributed by atoms with E-state index in [1.54, 1.807) is 24.3 Å². The molecule has 0 radical (unpaired) electrons. The Hall–Kier alpha value is -1.38. The summed E-state index contributed by atoms with van der Waals surface area (Å²) in [6, 6.07) is 3.61. The molecule has 1 aromatic rings. The summed E-state index contributed by atoms with van der Waals surface area (Å²) >= 11 is 0. The zero-order valence-electron chi connectivity index (χ0n) is 8.47. The first-order valence-corrected chi connectivity index (χ1v) is 4.28. The second-order valence-electron chi connectivity index (χ2n) is 3.18. The van der Waals surface area contributed by atoms with Crippen LogP contribution < -0.4 is 0 Å². The molecule has 1 aromatic heterocycles. The van der Waals surface area contributed by atoms with Crippen molar-refractivity contribution in [3.8, 4) is 0 Å². The average molecular weight is 177 g/mol. The van der Waals surface area contributed by atoms with E-state index in [9.17, 15) is 4.79 Å². The van der Waals surface area contributed by atoms with Crippen LogP contribution in [0.15, 0.2) is 24.5 Å². The summed E-state index contributed by atoms with van der Waals surface area (Å²) in [7, 11) is 1.74. The van der Waals surface area contributed by atoms with E-state index in [4.69, 9.17) is 1.37 Å². The first kappa shape index (κ1) is 7.06. The third-order valence-corrected chi connectivity index (χ3v) is 2.35. The Morgan fingerprint density at radius 1 is 1.77 bits per heavy atom. The Kier molecular flexibility index (Phi) is 1.72. The number of hydrogen-bond acceptors (Lipinski definition) is 2. The zero-order valence-corrected chi connectivity index (χ0v) is 7.47. The maximum atomic E-state index is 11.4. The van der Waals surface area contributed by atoms with Crippen LogP contribution in [-0.2, 0) is 4.79 Å². The highest BCUT2D eigenvalue weighted by molar-refractivity contribution is 5.78. The molecular weight excluding hydrogens is 164 g/mol. The second kappa shape index (κ2) is 3.17. The Bertz CT molecular complexity index is 341. The van der Waals surface area contributed by atoms with Gasteiger partial charge in [0.05, 0.1) is 6.04 Å². The highest BCUT2D eigenvalue weighted by Crippen LogP contribution is 2.30. The average Bonchev–Trinajstić information content (AvgIpc) is 2.43. The number of likely N-dealkylation sites (tertiary alicyclic amines) is 1. The van der Waals surface area contributed by atoms with Gasteiger partial charge in [-0.15, -0.1) is 0 Å². The van der Waals surface area contributed by atoms with E-state index >= 15 is 0 Å². The molecule has 2 atom stereocenters. The van der Waals surface area contributed by atoms with Crippen LogP contribution in [-0.4, -0.2) is 22.8 Å². The van der Waals surface area contributed by atoms with Gasteiger partial charge in [0.15, 0.2) is 0 Å². The number of nitrogens with zero attached hydrogens (tertiary/aromatic N) is 2. The Morgan fingerprint density at radius 2 is 2.62 bits per heavy atom. The van der Waals surface area contributed by atoms with Crippen LogP contribution in [0.1, 0.15) is 25.8 Å². The zero-order chi connectivity index (χ0) is 10.1. The Morgan fingerprint density at radius 3 is 3.15 bits per heavy atom. The third kappa shape index (κ3) is 1.41. The summed E-state index contributed by atoms with van der Waals surface area (Å²) in [6.45, 7) is 0. The lowest BCUT2D eigenvalue weighted by molar-refractivity contribution is -0.127. The first-order valence-electron chi connectivity index (χ1n) is 4.85. The van der Waals surface area contributed by atoms with E-state index in [-0.39, 0.29) is 18.3 Å². The molecule has 0 saturated carbocycles. The fourth-order valence-electron chi connectivity index (χ4n) is 1.58. The molecule has 2 rings (SSSR count). The van der Waals surface area contributed by atoms with Gasteiger partial charge in [0.25, 0.3) is 0 Å². The molecule has 13 heavy (non-hydrogen) atoms. The molecule has 68 valence electrons. The van der Waals surface area contributed by atoms with Crippen LogP contribution in [0, 0.1) is 0 Å². The number of amides is 1. The largest absolute Gasteiger partial charge is 0.339 e. The lowest BCUT2D eigenvalue weighted by Gasteiger charge is -2.19. The predicted molar refractivity (Wildman–Crippen MR) is 49.0 cm³/mol. The molecular formula is C10H12N2O.